The maximum Gasteiger partial charge on any atom is 0.164 e. The third-order valence-corrected chi connectivity index (χ3v) is 11.3. The zero-order valence-corrected chi connectivity index (χ0v) is 28.8. The highest BCUT2D eigenvalue weighted by molar-refractivity contribution is 6.14. The number of hydrogen-bond acceptors (Lipinski definition) is 3. The molecule has 0 aliphatic heterocycles. The Kier molecular flexibility index (Phi) is 6.82. The standard InChI is InChI=1S/C47H37N3/c1-46(2)41-24-12-11-21-38(41)40-28-26-37-35-23-14-22-34(36(35)25-27-39(37)42(40)47(46,3)4)32-19-13-20-33(29-32)45-49-43(30-15-7-5-8-16-30)48-44(50-45)31-17-9-6-10-18-31/h5-29H,1-4H3. The smallest absolute Gasteiger partial charge is 0.164 e. The molecule has 0 amide bonds. The summed E-state index contributed by atoms with van der Waals surface area (Å²) >= 11 is 0. The van der Waals surface area contributed by atoms with Crippen molar-refractivity contribution in [3.63, 3.8) is 0 Å². The van der Waals surface area contributed by atoms with Crippen LogP contribution in [0.5, 0.6) is 0 Å². The molecule has 240 valence electrons. The highest BCUT2D eigenvalue weighted by Crippen LogP contribution is 2.56. The molecule has 7 aromatic carbocycles. The summed E-state index contributed by atoms with van der Waals surface area (Å²) in [5.74, 6) is 1.98. The maximum atomic E-state index is 5.00. The second-order valence-corrected chi connectivity index (χ2v) is 14.5. The summed E-state index contributed by atoms with van der Waals surface area (Å²) in [4.78, 5) is 14.9. The molecule has 0 bridgehead atoms. The Balaban J connectivity index is 1.20. The molecule has 3 nitrogen and oxygen atoms in total. The minimum Gasteiger partial charge on any atom is -0.208 e. The van der Waals surface area contributed by atoms with E-state index in [1.54, 1.807) is 0 Å². The summed E-state index contributed by atoms with van der Waals surface area (Å²) in [5.41, 5.74) is 10.6. The summed E-state index contributed by atoms with van der Waals surface area (Å²) < 4.78 is 0. The average Bonchev–Trinajstić information content (AvgIpc) is 3.17. The Morgan fingerprint density at radius 3 is 1.54 bits per heavy atom. The molecule has 0 fully saturated rings. The van der Waals surface area contributed by atoms with Gasteiger partial charge in [-0.05, 0) is 66.4 Å². The predicted octanol–water partition coefficient (Wildman–Crippen LogP) is 12.1. The van der Waals surface area contributed by atoms with E-state index in [4.69, 9.17) is 15.0 Å². The number of hydrogen-bond donors (Lipinski definition) is 0. The van der Waals surface area contributed by atoms with Crippen LogP contribution >= 0.6 is 0 Å². The van der Waals surface area contributed by atoms with Gasteiger partial charge in [-0.25, -0.2) is 15.0 Å². The minimum atomic E-state index is -0.0719. The Hall–Kier alpha value is -5.93. The van der Waals surface area contributed by atoms with Gasteiger partial charge in [0.05, 0.1) is 0 Å². The van der Waals surface area contributed by atoms with Gasteiger partial charge in [0, 0.05) is 22.1 Å². The van der Waals surface area contributed by atoms with Crippen molar-refractivity contribution in [3.05, 3.63) is 163 Å². The normalized spacial score (nSPS) is 14.3. The molecule has 1 aliphatic carbocycles. The fourth-order valence-corrected chi connectivity index (χ4v) is 8.00. The van der Waals surface area contributed by atoms with Gasteiger partial charge in [-0.15, -0.1) is 0 Å². The lowest BCUT2D eigenvalue weighted by Gasteiger charge is -2.49. The molecule has 0 unspecified atom stereocenters. The van der Waals surface area contributed by atoms with Crippen molar-refractivity contribution in [2.75, 3.05) is 0 Å². The van der Waals surface area contributed by atoms with Crippen LogP contribution in [0.25, 0.3) is 78.0 Å². The molecule has 9 rings (SSSR count). The Morgan fingerprint density at radius 2 is 0.840 bits per heavy atom. The van der Waals surface area contributed by atoms with E-state index in [0.29, 0.717) is 17.5 Å². The number of rotatable bonds is 4. The van der Waals surface area contributed by atoms with Crippen molar-refractivity contribution in [1.29, 1.82) is 0 Å². The number of benzene rings is 7. The number of fused-ring (bicyclic) bond motifs is 7. The van der Waals surface area contributed by atoms with Gasteiger partial charge in [0.2, 0.25) is 0 Å². The highest BCUT2D eigenvalue weighted by atomic mass is 15.0. The lowest BCUT2D eigenvalue weighted by molar-refractivity contribution is 0.301. The second-order valence-electron chi connectivity index (χ2n) is 14.5. The van der Waals surface area contributed by atoms with Crippen LogP contribution in [0.3, 0.4) is 0 Å². The Bertz CT molecular complexity index is 2530. The lowest BCUT2D eigenvalue weighted by atomic mass is 9.54. The van der Waals surface area contributed by atoms with E-state index in [2.05, 4.69) is 119 Å². The van der Waals surface area contributed by atoms with Gasteiger partial charge >= 0.3 is 0 Å². The molecule has 1 aliphatic rings. The van der Waals surface area contributed by atoms with Crippen molar-refractivity contribution >= 4 is 21.5 Å². The first-order chi connectivity index (χ1) is 24.3. The van der Waals surface area contributed by atoms with Crippen molar-refractivity contribution in [3.8, 4) is 56.4 Å². The maximum absolute atomic E-state index is 5.00. The zero-order chi connectivity index (χ0) is 34.0. The van der Waals surface area contributed by atoms with Crippen molar-refractivity contribution < 1.29 is 0 Å². The quantitative estimate of drug-likeness (QED) is 0.179. The van der Waals surface area contributed by atoms with Gasteiger partial charge in [0.1, 0.15) is 0 Å². The van der Waals surface area contributed by atoms with Crippen molar-refractivity contribution in [2.24, 2.45) is 0 Å². The molecule has 0 saturated heterocycles. The molecular formula is C47H37N3. The van der Waals surface area contributed by atoms with Crippen LogP contribution in [0, 0.1) is 0 Å². The van der Waals surface area contributed by atoms with E-state index in [1.165, 1.54) is 49.4 Å². The largest absolute Gasteiger partial charge is 0.208 e. The van der Waals surface area contributed by atoms with Crippen LogP contribution in [0.4, 0.5) is 0 Å². The highest BCUT2D eigenvalue weighted by Gasteiger charge is 2.46. The summed E-state index contributed by atoms with van der Waals surface area (Å²) in [5, 5.41) is 5.12. The fraction of sp³-hybridized carbons (Fsp3) is 0.128. The molecule has 0 saturated carbocycles. The van der Waals surface area contributed by atoms with Crippen molar-refractivity contribution in [1.82, 2.24) is 15.0 Å². The molecule has 0 N–H and O–H groups in total. The number of aromatic nitrogens is 3. The van der Waals surface area contributed by atoms with Gasteiger partial charge in [-0.1, -0.05) is 173 Å². The first-order valence-corrected chi connectivity index (χ1v) is 17.4. The molecule has 0 radical (unpaired) electrons. The summed E-state index contributed by atoms with van der Waals surface area (Å²) in [6, 6.07) is 53.9. The summed E-state index contributed by atoms with van der Waals surface area (Å²) in [6.07, 6.45) is 0. The molecule has 0 atom stereocenters. The van der Waals surface area contributed by atoms with Gasteiger partial charge < -0.3 is 0 Å². The SMILES string of the molecule is CC1(C)c2ccccc2-c2ccc3c(ccc4c(-c5cccc(-c6nc(-c7ccccc7)nc(-c7ccccc7)n6)c5)cccc43)c2C1(C)C. The lowest BCUT2D eigenvalue weighted by Crippen LogP contribution is -2.43. The monoisotopic (exact) mass is 643 g/mol. The topological polar surface area (TPSA) is 38.7 Å². The van der Waals surface area contributed by atoms with Gasteiger partial charge in [0.15, 0.2) is 17.5 Å². The molecular weight excluding hydrogens is 607 g/mol. The molecule has 0 spiro atoms. The van der Waals surface area contributed by atoms with Gasteiger partial charge in [-0.2, -0.15) is 0 Å². The third-order valence-electron chi connectivity index (χ3n) is 11.3. The molecule has 1 aromatic heterocycles. The molecule has 3 heteroatoms. The van der Waals surface area contributed by atoms with E-state index in [9.17, 15) is 0 Å². The van der Waals surface area contributed by atoms with Crippen LogP contribution in [0.2, 0.25) is 0 Å². The second kappa shape index (κ2) is 11.3. The van der Waals surface area contributed by atoms with E-state index in [-0.39, 0.29) is 10.8 Å². The van der Waals surface area contributed by atoms with Crippen LogP contribution in [0.15, 0.2) is 152 Å². The van der Waals surface area contributed by atoms with E-state index in [1.807, 2.05) is 60.7 Å². The van der Waals surface area contributed by atoms with Gasteiger partial charge in [-0.3, -0.25) is 0 Å². The molecule has 8 aromatic rings. The van der Waals surface area contributed by atoms with Crippen LogP contribution < -0.4 is 0 Å². The summed E-state index contributed by atoms with van der Waals surface area (Å²) in [7, 11) is 0. The number of nitrogens with zero attached hydrogens (tertiary/aromatic N) is 3. The Morgan fingerprint density at radius 1 is 0.340 bits per heavy atom. The predicted molar refractivity (Wildman–Crippen MR) is 208 cm³/mol. The van der Waals surface area contributed by atoms with E-state index >= 15 is 0 Å². The fourth-order valence-electron chi connectivity index (χ4n) is 8.00. The van der Waals surface area contributed by atoms with Crippen LogP contribution in [-0.2, 0) is 10.8 Å². The van der Waals surface area contributed by atoms with Crippen LogP contribution in [0.1, 0.15) is 38.8 Å². The van der Waals surface area contributed by atoms with Crippen molar-refractivity contribution in [2.45, 2.75) is 38.5 Å². The zero-order valence-electron chi connectivity index (χ0n) is 28.8. The first-order valence-electron chi connectivity index (χ1n) is 17.4. The molecule has 50 heavy (non-hydrogen) atoms. The minimum absolute atomic E-state index is 0.0299. The Labute approximate surface area is 293 Å². The van der Waals surface area contributed by atoms with E-state index < -0.39 is 0 Å². The average molecular weight is 644 g/mol. The first kappa shape index (κ1) is 30.2. The molecule has 1 heterocycles. The van der Waals surface area contributed by atoms with Crippen LogP contribution in [-0.4, -0.2) is 15.0 Å². The third kappa shape index (κ3) is 4.61. The van der Waals surface area contributed by atoms with E-state index in [0.717, 1.165) is 22.3 Å². The summed E-state index contributed by atoms with van der Waals surface area (Å²) in [6.45, 7) is 9.64. The van der Waals surface area contributed by atoms with Gasteiger partial charge in [0.25, 0.3) is 0 Å².